The lowest BCUT2D eigenvalue weighted by Gasteiger charge is -2.15. The zero-order chi connectivity index (χ0) is 13.1. The fourth-order valence-corrected chi connectivity index (χ4v) is 2.05. The molecule has 0 aliphatic rings. The first kappa shape index (κ1) is 13.0. The van der Waals surface area contributed by atoms with Crippen LogP contribution in [0.3, 0.4) is 0 Å². The summed E-state index contributed by atoms with van der Waals surface area (Å²) in [6.45, 7) is 0. The van der Waals surface area contributed by atoms with Crippen LogP contribution in [-0.2, 0) is 0 Å². The minimum absolute atomic E-state index is 0.177. The standard InChI is InChI=1S/C13H11BrFNO2/c1-18-13-9(3-2-6-16-13)12(17)10-7-8(14)4-5-11(10)15/h2-7,12,17H,1H3. The molecule has 0 radical (unpaired) electrons. The highest BCUT2D eigenvalue weighted by Gasteiger charge is 2.19. The van der Waals surface area contributed by atoms with Crippen LogP contribution in [0.25, 0.3) is 0 Å². The molecule has 5 heteroatoms. The number of ether oxygens (including phenoxy) is 1. The summed E-state index contributed by atoms with van der Waals surface area (Å²) < 4.78 is 19.4. The second kappa shape index (κ2) is 5.46. The van der Waals surface area contributed by atoms with Crippen LogP contribution in [0.2, 0.25) is 0 Å². The Bertz CT molecular complexity index is 562. The molecule has 1 atom stereocenters. The Hall–Kier alpha value is -1.46. The second-order valence-corrected chi connectivity index (χ2v) is 4.59. The van der Waals surface area contributed by atoms with Crippen molar-refractivity contribution in [3.05, 3.63) is 57.9 Å². The molecule has 0 amide bonds. The summed E-state index contributed by atoms with van der Waals surface area (Å²) in [7, 11) is 1.45. The molecule has 1 heterocycles. The largest absolute Gasteiger partial charge is 0.481 e. The summed E-state index contributed by atoms with van der Waals surface area (Å²) in [6, 6.07) is 7.72. The molecular weight excluding hydrogens is 301 g/mol. The maximum absolute atomic E-state index is 13.7. The minimum atomic E-state index is -1.12. The lowest BCUT2D eigenvalue weighted by atomic mass is 10.0. The molecular formula is C13H11BrFNO2. The zero-order valence-corrected chi connectivity index (χ0v) is 11.2. The van der Waals surface area contributed by atoms with E-state index in [4.69, 9.17) is 4.74 Å². The van der Waals surface area contributed by atoms with Crippen molar-refractivity contribution < 1.29 is 14.2 Å². The highest BCUT2D eigenvalue weighted by molar-refractivity contribution is 9.10. The SMILES string of the molecule is COc1ncccc1C(O)c1cc(Br)ccc1F. The Morgan fingerprint density at radius 3 is 2.83 bits per heavy atom. The number of hydrogen-bond donors (Lipinski definition) is 1. The van der Waals surface area contributed by atoms with E-state index in [9.17, 15) is 9.50 Å². The number of halogens is 2. The van der Waals surface area contributed by atoms with Crippen molar-refractivity contribution in [2.45, 2.75) is 6.10 Å². The average Bonchev–Trinajstić information content (AvgIpc) is 2.40. The van der Waals surface area contributed by atoms with Gasteiger partial charge >= 0.3 is 0 Å². The Morgan fingerprint density at radius 2 is 2.11 bits per heavy atom. The predicted molar refractivity (Wildman–Crippen MR) is 69.0 cm³/mol. The molecule has 0 saturated heterocycles. The Morgan fingerprint density at radius 1 is 1.33 bits per heavy atom. The summed E-state index contributed by atoms with van der Waals surface area (Å²) in [5, 5.41) is 10.2. The number of aliphatic hydroxyl groups excluding tert-OH is 1. The van der Waals surface area contributed by atoms with Crippen LogP contribution in [0.1, 0.15) is 17.2 Å². The topological polar surface area (TPSA) is 42.4 Å². The first-order valence-corrected chi connectivity index (χ1v) is 6.04. The minimum Gasteiger partial charge on any atom is -0.481 e. The van der Waals surface area contributed by atoms with Crippen LogP contribution in [-0.4, -0.2) is 17.2 Å². The molecule has 1 unspecified atom stereocenters. The van der Waals surface area contributed by atoms with Crippen molar-refractivity contribution in [1.82, 2.24) is 4.98 Å². The van der Waals surface area contributed by atoms with Gasteiger partial charge in [0.25, 0.3) is 0 Å². The summed E-state index contributed by atoms with van der Waals surface area (Å²) >= 11 is 3.25. The quantitative estimate of drug-likeness (QED) is 0.947. The number of aromatic nitrogens is 1. The van der Waals surface area contributed by atoms with E-state index in [2.05, 4.69) is 20.9 Å². The molecule has 1 N–H and O–H groups in total. The van der Waals surface area contributed by atoms with E-state index in [0.29, 0.717) is 10.0 Å². The Labute approximate surface area is 112 Å². The van der Waals surface area contributed by atoms with Gasteiger partial charge < -0.3 is 9.84 Å². The second-order valence-electron chi connectivity index (χ2n) is 3.67. The lowest BCUT2D eigenvalue weighted by Crippen LogP contribution is -2.05. The van der Waals surface area contributed by atoms with Crippen LogP contribution < -0.4 is 4.74 Å². The van der Waals surface area contributed by atoms with E-state index in [1.54, 1.807) is 24.4 Å². The summed E-state index contributed by atoms with van der Waals surface area (Å²) in [6.07, 6.45) is 0.429. The molecule has 0 aliphatic carbocycles. The van der Waals surface area contributed by atoms with Crippen molar-refractivity contribution in [3.8, 4) is 5.88 Å². The predicted octanol–water partition coefficient (Wildman–Crippen LogP) is 3.07. The normalized spacial score (nSPS) is 12.2. The highest BCUT2D eigenvalue weighted by Crippen LogP contribution is 2.30. The number of aliphatic hydroxyl groups is 1. The van der Waals surface area contributed by atoms with Crippen molar-refractivity contribution in [3.63, 3.8) is 0 Å². The van der Waals surface area contributed by atoms with E-state index >= 15 is 0 Å². The molecule has 0 aliphatic heterocycles. The van der Waals surface area contributed by atoms with E-state index in [0.717, 1.165) is 0 Å². The van der Waals surface area contributed by atoms with Gasteiger partial charge in [-0.3, -0.25) is 0 Å². The average molecular weight is 312 g/mol. The van der Waals surface area contributed by atoms with Gasteiger partial charge in [-0.05, 0) is 30.3 Å². The molecule has 1 aromatic carbocycles. The summed E-state index contributed by atoms with van der Waals surface area (Å²) in [5.74, 6) is -0.194. The number of benzene rings is 1. The third kappa shape index (κ3) is 2.52. The van der Waals surface area contributed by atoms with Gasteiger partial charge in [0.15, 0.2) is 0 Å². The molecule has 2 rings (SSSR count). The number of hydrogen-bond acceptors (Lipinski definition) is 3. The van der Waals surface area contributed by atoms with Crippen molar-refractivity contribution in [2.24, 2.45) is 0 Å². The number of nitrogens with zero attached hydrogens (tertiary/aromatic N) is 1. The molecule has 18 heavy (non-hydrogen) atoms. The molecule has 0 saturated carbocycles. The van der Waals surface area contributed by atoms with E-state index in [1.807, 2.05) is 0 Å². The van der Waals surface area contributed by atoms with Crippen LogP contribution in [0.4, 0.5) is 4.39 Å². The monoisotopic (exact) mass is 311 g/mol. The maximum Gasteiger partial charge on any atom is 0.219 e. The number of pyridine rings is 1. The number of rotatable bonds is 3. The van der Waals surface area contributed by atoms with Gasteiger partial charge in [-0.15, -0.1) is 0 Å². The first-order valence-electron chi connectivity index (χ1n) is 5.25. The van der Waals surface area contributed by atoms with Crippen LogP contribution >= 0.6 is 15.9 Å². The third-order valence-electron chi connectivity index (χ3n) is 2.54. The third-order valence-corrected chi connectivity index (χ3v) is 3.03. The molecule has 3 nitrogen and oxygen atoms in total. The fraction of sp³-hybridized carbons (Fsp3) is 0.154. The van der Waals surface area contributed by atoms with Gasteiger partial charge in [-0.1, -0.05) is 15.9 Å². The van der Waals surface area contributed by atoms with E-state index in [1.165, 1.54) is 19.2 Å². The van der Waals surface area contributed by atoms with Gasteiger partial charge in [0.2, 0.25) is 5.88 Å². The van der Waals surface area contributed by atoms with Gasteiger partial charge in [-0.2, -0.15) is 0 Å². The zero-order valence-electron chi connectivity index (χ0n) is 9.60. The number of methoxy groups -OCH3 is 1. The Kier molecular flexibility index (Phi) is 3.93. The smallest absolute Gasteiger partial charge is 0.219 e. The van der Waals surface area contributed by atoms with Crippen LogP contribution in [0.5, 0.6) is 5.88 Å². The highest BCUT2D eigenvalue weighted by atomic mass is 79.9. The van der Waals surface area contributed by atoms with Crippen molar-refractivity contribution in [1.29, 1.82) is 0 Å². The summed E-state index contributed by atoms with van der Waals surface area (Å²) in [5.41, 5.74) is 0.604. The maximum atomic E-state index is 13.7. The van der Waals surface area contributed by atoms with Gasteiger partial charge in [0.05, 0.1) is 7.11 Å². The molecule has 1 aromatic heterocycles. The van der Waals surface area contributed by atoms with Gasteiger partial charge in [-0.25, -0.2) is 9.37 Å². The molecule has 0 spiro atoms. The molecule has 0 bridgehead atoms. The molecule has 94 valence electrons. The first-order chi connectivity index (χ1) is 8.63. The van der Waals surface area contributed by atoms with E-state index in [-0.39, 0.29) is 11.4 Å². The lowest BCUT2D eigenvalue weighted by molar-refractivity contribution is 0.208. The van der Waals surface area contributed by atoms with Crippen LogP contribution in [0, 0.1) is 5.82 Å². The van der Waals surface area contributed by atoms with Crippen molar-refractivity contribution >= 4 is 15.9 Å². The van der Waals surface area contributed by atoms with E-state index < -0.39 is 11.9 Å². The van der Waals surface area contributed by atoms with Crippen LogP contribution in [0.15, 0.2) is 41.0 Å². The molecule has 2 aromatic rings. The van der Waals surface area contributed by atoms with Gasteiger partial charge in [0.1, 0.15) is 11.9 Å². The summed E-state index contributed by atoms with van der Waals surface area (Å²) in [4.78, 5) is 3.98. The molecule has 0 fully saturated rings. The van der Waals surface area contributed by atoms with Crippen molar-refractivity contribution in [2.75, 3.05) is 7.11 Å². The fourth-order valence-electron chi connectivity index (χ4n) is 1.67. The van der Waals surface area contributed by atoms with Gasteiger partial charge in [0, 0.05) is 21.8 Å². The Balaban J connectivity index is 2.47.